The second-order valence-corrected chi connectivity index (χ2v) is 4.45. The van der Waals surface area contributed by atoms with Gasteiger partial charge in [-0.05, 0) is 6.92 Å². The molecule has 1 amide bonds. The number of nitrogens with one attached hydrogen (secondary N) is 1. The molecule has 0 aliphatic heterocycles. The van der Waals surface area contributed by atoms with Crippen LogP contribution in [0.25, 0.3) is 0 Å². The number of hydrogen-bond acceptors (Lipinski definition) is 6. The van der Waals surface area contributed by atoms with Crippen LogP contribution in [0.3, 0.4) is 0 Å². The van der Waals surface area contributed by atoms with Crippen LogP contribution in [0.4, 0.5) is 14.5 Å². The maximum Gasteiger partial charge on any atom is 0.286 e. The molecular formula is C13H18ClF2N3O5. The lowest BCUT2D eigenvalue weighted by atomic mass is 10.1. The Morgan fingerprint density at radius 1 is 1.42 bits per heavy atom. The monoisotopic (exact) mass is 369 g/mol. The number of nitrogens with two attached hydrogens (primary N) is 1. The summed E-state index contributed by atoms with van der Waals surface area (Å²) in [6.07, 6.45) is 0. The molecule has 0 bridgehead atoms. The zero-order valence-corrected chi connectivity index (χ0v) is 13.8. The molecule has 0 atom stereocenters. The standard InChI is InChI=1S/C13H17F2N3O5.ClH/c1-3-23-11-5-9(18(20)21)8(4-10(11)22-2)12(19)17-7-13(14,15)6-16;/h4-5H,3,6-7,16H2,1-2H3,(H,17,19);1H. The van der Waals surface area contributed by atoms with Crippen LogP contribution in [-0.4, -0.2) is 43.6 Å². The lowest BCUT2D eigenvalue weighted by Gasteiger charge is -2.15. The normalized spacial score (nSPS) is 10.5. The molecule has 1 rings (SSSR count). The smallest absolute Gasteiger partial charge is 0.286 e. The van der Waals surface area contributed by atoms with Gasteiger partial charge in [0, 0.05) is 6.07 Å². The minimum Gasteiger partial charge on any atom is -0.493 e. The number of methoxy groups -OCH3 is 1. The van der Waals surface area contributed by atoms with Gasteiger partial charge in [0.2, 0.25) is 0 Å². The number of halogens is 3. The van der Waals surface area contributed by atoms with Crippen LogP contribution in [0.2, 0.25) is 0 Å². The summed E-state index contributed by atoms with van der Waals surface area (Å²) in [5.74, 6) is -4.19. The minimum absolute atomic E-state index is 0. The average molecular weight is 370 g/mol. The van der Waals surface area contributed by atoms with Gasteiger partial charge in [0.1, 0.15) is 5.56 Å². The first-order valence-corrected chi connectivity index (χ1v) is 6.61. The summed E-state index contributed by atoms with van der Waals surface area (Å²) in [6, 6.07) is 2.08. The number of amides is 1. The lowest BCUT2D eigenvalue weighted by molar-refractivity contribution is -0.385. The molecule has 0 saturated heterocycles. The van der Waals surface area contributed by atoms with Gasteiger partial charge in [-0.15, -0.1) is 12.4 Å². The molecule has 0 saturated carbocycles. The Labute approximate surface area is 142 Å². The van der Waals surface area contributed by atoms with Gasteiger partial charge in [0.25, 0.3) is 17.5 Å². The Morgan fingerprint density at radius 2 is 2.04 bits per heavy atom. The Balaban J connectivity index is 0.00000529. The highest BCUT2D eigenvalue weighted by Crippen LogP contribution is 2.34. The van der Waals surface area contributed by atoms with Gasteiger partial charge in [0.05, 0.1) is 37.8 Å². The highest BCUT2D eigenvalue weighted by atomic mass is 35.5. The Kier molecular flexibility index (Phi) is 8.34. The van der Waals surface area contributed by atoms with Crippen molar-refractivity contribution in [2.75, 3.05) is 26.8 Å². The fraction of sp³-hybridized carbons (Fsp3) is 0.462. The van der Waals surface area contributed by atoms with E-state index in [1.807, 2.05) is 5.32 Å². The number of nitro benzene ring substituents is 1. The Bertz CT molecular complexity index is 601. The van der Waals surface area contributed by atoms with Crippen molar-refractivity contribution in [2.45, 2.75) is 12.8 Å². The predicted molar refractivity (Wildman–Crippen MR) is 84.4 cm³/mol. The first-order valence-electron chi connectivity index (χ1n) is 6.61. The van der Waals surface area contributed by atoms with E-state index in [2.05, 4.69) is 0 Å². The van der Waals surface area contributed by atoms with E-state index in [0.717, 1.165) is 12.1 Å². The van der Waals surface area contributed by atoms with Crippen molar-refractivity contribution in [3.05, 3.63) is 27.8 Å². The van der Waals surface area contributed by atoms with Crippen molar-refractivity contribution in [2.24, 2.45) is 5.73 Å². The highest BCUT2D eigenvalue weighted by Gasteiger charge is 2.30. The number of alkyl halides is 2. The quantitative estimate of drug-likeness (QED) is 0.532. The molecular weight excluding hydrogens is 352 g/mol. The van der Waals surface area contributed by atoms with Crippen molar-refractivity contribution < 1.29 is 28.0 Å². The number of hydrogen-bond donors (Lipinski definition) is 2. The van der Waals surface area contributed by atoms with Gasteiger partial charge in [0.15, 0.2) is 11.5 Å². The van der Waals surface area contributed by atoms with Gasteiger partial charge < -0.3 is 20.5 Å². The minimum atomic E-state index is -3.31. The number of carbonyl (C=O) groups is 1. The van der Waals surface area contributed by atoms with Crippen LogP contribution in [0.15, 0.2) is 12.1 Å². The molecule has 8 nitrogen and oxygen atoms in total. The molecule has 0 radical (unpaired) electrons. The number of rotatable bonds is 8. The van der Waals surface area contributed by atoms with Crippen molar-refractivity contribution >= 4 is 24.0 Å². The van der Waals surface area contributed by atoms with E-state index < -0.39 is 41.1 Å². The number of carbonyl (C=O) groups excluding carboxylic acids is 1. The van der Waals surface area contributed by atoms with Crippen LogP contribution < -0.4 is 20.5 Å². The zero-order valence-electron chi connectivity index (χ0n) is 13.0. The van der Waals surface area contributed by atoms with Gasteiger partial charge >= 0.3 is 0 Å². The molecule has 0 aliphatic carbocycles. The zero-order chi connectivity index (χ0) is 17.6. The summed E-state index contributed by atoms with van der Waals surface area (Å²) < 4.78 is 36.3. The first-order chi connectivity index (χ1) is 10.8. The average Bonchev–Trinajstić information content (AvgIpc) is 2.52. The second-order valence-electron chi connectivity index (χ2n) is 4.45. The van der Waals surface area contributed by atoms with Crippen molar-refractivity contribution in [3.8, 4) is 11.5 Å². The van der Waals surface area contributed by atoms with E-state index in [9.17, 15) is 23.7 Å². The summed E-state index contributed by atoms with van der Waals surface area (Å²) in [5.41, 5.74) is 3.87. The molecule has 3 N–H and O–H groups in total. The Hall–Kier alpha value is -2.20. The number of nitro groups is 1. The fourth-order valence-corrected chi connectivity index (χ4v) is 1.69. The molecule has 0 heterocycles. The maximum absolute atomic E-state index is 13.1. The third-order valence-electron chi connectivity index (χ3n) is 2.83. The molecule has 11 heteroatoms. The largest absolute Gasteiger partial charge is 0.493 e. The van der Waals surface area contributed by atoms with Crippen LogP contribution in [0.1, 0.15) is 17.3 Å². The van der Waals surface area contributed by atoms with Gasteiger partial charge in [-0.1, -0.05) is 0 Å². The summed E-state index contributed by atoms with van der Waals surface area (Å²) in [4.78, 5) is 22.3. The first kappa shape index (κ1) is 21.8. The molecule has 0 fully saturated rings. The molecule has 0 aliphatic rings. The van der Waals surface area contributed by atoms with E-state index in [4.69, 9.17) is 15.2 Å². The van der Waals surface area contributed by atoms with E-state index in [1.165, 1.54) is 7.11 Å². The second kappa shape index (κ2) is 9.18. The van der Waals surface area contributed by atoms with Crippen LogP contribution >= 0.6 is 12.4 Å². The number of benzene rings is 1. The lowest BCUT2D eigenvalue weighted by Crippen LogP contribution is -2.41. The molecule has 136 valence electrons. The SMILES string of the molecule is CCOc1cc([N+](=O)[O-])c(C(=O)NCC(F)(F)CN)cc1OC.Cl. The third kappa shape index (κ3) is 5.46. The Morgan fingerprint density at radius 3 is 2.50 bits per heavy atom. The summed E-state index contributed by atoms with van der Waals surface area (Å²) >= 11 is 0. The van der Waals surface area contributed by atoms with Crippen molar-refractivity contribution in [3.63, 3.8) is 0 Å². The van der Waals surface area contributed by atoms with E-state index in [-0.39, 0.29) is 30.5 Å². The molecule has 0 aromatic heterocycles. The van der Waals surface area contributed by atoms with Crippen molar-refractivity contribution in [1.82, 2.24) is 5.32 Å². The molecule has 0 unspecified atom stereocenters. The maximum atomic E-state index is 13.1. The highest BCUT2D eigenvalue weighted by molar-refractivity contribution is 5.99. The molecule has 1 aromatic rings. The van der Waals surface area contributed by atoms with E-state index in [0.29, 0.717) is 0 Å². The molecule has 0 spiro atoms. The fourth-order valence-electron chi connectivity index (χ4n) is 1.69. The topological polar surface area (TPSA) is 117 Å². The summed E-state index contributed by atoms with van der Waals surface area (Å²) in [6.45, 7) is -0.0977. The number of nitrogens with zero attached hydrogens (tertiary/aromatic N) is 1. The van der Waals surface area contributed by atoms with Crippen LogP contribution in [0, 0.1) is 10.1 Å². The van der Waals surface area contributed by atoms with Crippen molar-refractivity contribution in [1.29, 1.82) is 0 Å². The predicted octanol–water partition coefficient (Wildman–Crippen LogP) is 1.75. The number of ether oxygens (including phenoxy) is 2. The summed E-state index contributed by atoms with van der Waals surface area (Å²) in [7, 11) is 1.29. The van der Waals surface area contributed by atoms with Crippen LogP contribution in [-0.2, 0) is 0 Å². The van der Waals surface area contributed by atoms with E-state index >= 15 is 0 Å². The van der Waals surface area contributed by atoms with Gasteiger partial charge in [-0.25, -0.2) is 8.78 Å². The third-order valence-corrected chi connectivity index (χ3v) is 2.83. The summed E-state index contributed by atoms with van der Waals surface area (Å²) in [5, 5.41) is 13.0. The van der Waals surface area contributed by atoms with E-state index in [1.54, 1.807) is 6.92 Å². The molecule has 24 heavy (non-hydrogen) atoms. The van der Waals surface area contributed by atoms with Crippen LogP contribution in [0.5, 0.6) is 11.5 Å². The molecule has 1 aromatic carbocycles. The van der Waals surface area contributed by atoms with Gasteiger partial charge in [-0.2, -0.15) is 0 Å². The van der Waals surface area contributed by atoms with Gasteiger partial charge in [-0.3, -0.25) is 14.9 Å².